The summed E-state index contributed by atoms with van der Waals surface area (Å²) >= 11 is 0. The standard InChI is InChI=1S/C17H14N2/c1-13(14-7-3-2-4-8-14)19-16(12-18)11-15-9-5-6-10-17(15)19/h2-11,13H,1H3. The molecule has 0 bridgehead atoms. The van der Waals surface area contributed by atoms with E-state index >= 15 is 0 Å². The maximum atomic E-state index is 9.34. The van der Waals surface area contributed by atoms with Gasteiger partial charge >= 0.3 is 0 Å². The fourth-order valence-corrected chi connectivity index (χ4v) is 2.56. The third-order valence-corrected chi connectivity index (χ3v) is 3.53. The van der Waals surface area contributed by atoms with E-state index in [0.717, 1.165) is 10.9 Å². The van der Waals surface area contributed by atoms with Crippen molar-refractivity contribution >= 4 is 10.9 Å². The van der Waals surface area contributed by atoms with Gasteiger partial charge < -0.3 is 4.57 Å². The van der Waals surface area contributed by atoms with Gasteiger partial charge in [-0.2, -0.15) is 5.26 Å². The first kappa shape index (κ1) is 11.6. The van der Waals surface area contributed by atoms with Crippen molar-refractivity contribution in [2.24, 2.45) is 0 Å². The third-order valence-electron chi connectivity index (χ3n) is 3.53. The Hall–Kier alpha value is -2.53. The Bertz CT molecular complexity index is 748. The van der Waals surface area contributed by atoms with Crippen LogP contribution in [0.3, 0.4) is 0 Å². The van der Waals surface area contributed by atoms with Crippen molar-refractivity contribution in [2.75, 3.05) is 0 Å². The Morgan fingerprint density at radius 3 is 2.42 bits per heavy atom. The van der Waals surface area contributed by atoms with Gasteiger partial charge in [0, 0.05) is 10.9 Å². The van der Waals surface area contributed by atoms with Crippen molar-refractivity contribution in [2.45, 2.75) is 13.0 Å². The Kier molecular flexibility index (Phi) is 2.81. The number of hydrogen-bond acceptors (Lipinski definition) is 1. The van der Waals surface area contributed by atoms with Crippen molar-refractivity contribution in [3.63, 3.8) is 0 Å². The minimum atomic E-state index is 0.149. The molecule has 0 aliphatic heterocycles. The van der Waals surface area contributed by atoms with Crippen LogP contribution in [-0.2, 0) is 0 Å². The summed E-state index contributed by atoms with van der Waals surface area (Å²) in [5.41, 5.74) is 3.02. The van der Waals surface area contributed by atoms with E-state index in [1.807, 2.05) is 42.5 Å². The number of aromatic nitrogens is 1. The van der Waals surface area contributed by atoms with Gasteiger partial charge in [0.2, 0.25) is 0 Å². The van der Waals surface area contributed by atoms with Gasteiger partial charge in [-0.3, -0.25) is 0 Å². The van der Waals surface area contributed by atoms with Crippen LogP contribution in [0, 0.1) is 11.3 Å². The molecule has 3 rings (SSSR count). The maximum Gasteiger partial charge on any atom is 0.121 e. The Morgan fingerprint density at radius 2 is 1.68 bits per heavy atom. The highest BCUT2D eigenvalue weighted by atomic mass is 15.0. The highest BCUT2D eigenvalue weighted by Crippen LogP contribution is 2.27. The molecule has 0 N–H and O–H groups in total. The number of nitriles is 1. The second kappa shape index (κ2) is 4.62. The molecule has 0 radical (unpaired) electrons. The van der Waals surface area contributed by atoms with Crippen molar-refractivity contribution in [1.82, 2.24) is 4.57 Å². The van der Waals surface area contributed by atoms with Crippen LogP contribution in [0.1, 0.15) is 24.2 Å². The molecule has 0 spiro atoms. The first-order valence-corrected chi connectivity index (χ1v) is 6.36. The molecule has 2 heteroatoms. The van der Waals surface area contributed by atoms with E-state index in [1.54, 1.807) is 0 Å². The van der Waals surface area contributed by atoms with Gasteiger partial charge in [-0.05, 0) is 24.6 Å². The second-order valence-electron chi connectivity index (χ2n) is 4.66. The predicted molar refractivity (Wildman–Crippen MR) is 76.9 cm³/mol. The highest BCUT2D eigenvalue weighted by molar-refractivity contribution is 5.82. The molecule has 1 atom stereocenters. The van der Waals surface area contributed by atoms with E-state index in [4.69, 9.17) is 0 Å². The van der Waals surface area contributed by atoms with Crippen LogP contribution in [0.4, 0.5) is 0 Å². The monoisotopic (exact) mass is 246 g/mol. The maximum absolute atomic E-state index is 9.34. The molecule has 1 heterocycles. The van der Waals surface area contributed by atoms with Gasteiger partial charge in [-0.15, -0.1) is 0 Å². The molecule has 0 aliphatic rings. The van der Waals surface area contributed by atoms with Crippen LogP contribution in [0.25, 0.3) is 10.9 Å². The number of hydrogen-bond donors (Lipinski definition) is 0. The summed E-state index contributed by atoms with van der Waals surface area (Å²) in [6.45, 7) is 2.13. The van der Waals surface area contributed by atoms with Crippen molar-refractivity contribution in [1.29, 1.82) is 5.26 Å². The minimum Gasteiger partial charge on any atom is -0.325 e. The van der Waals surface area contributed by atoms with Crippen LogP contribution in [0.5, 0.6) is 0 Å². The average molecular weight is 246 g/mol. The molecule has 1 aromatic heterocycles. The third kappa shape index (κ3) is 1.90. The van der Waals surface area contributed by atoms with E-state index in [9.17, 15) is 5.26 Å². The minimum absolute atomic E-state index is 0.149. The topological polar surface area (TPSA) is 28.7 Å². The number of rotatable bonds is 2. The fourth-order valence-electron chi connectivity index (χ4n) is 2.56. The molecular weight excluding hydrogens is 232 g/mol. The van der Waals surface area contributed by atoms with Gasteiger partial charge in [0.1, 0.15) is 11.8 Å². The largest absolute Gasteiger partial charge is 0.325 e. The molecule has 19 heavy (non-hydrogen) atoms. The lowest BCUT2D eigenvalue weighted by Gasteiger charge is -2.17. The molecule has 2 nitrogen and oxygen atoms in total. The van der Waals surface area contributed by atoms with Gasteiger partial charge in [0.05, 0.1) is 6.04 Å². The second-order valence-corrected chi connectivity index (χ2v) is 4.66. The lowest BCUT2D eigenvalue weighted by Crippen LogP contribution is -2.08. The summed E-state index contributed by atoms with van der Waals surface area (Å²) in [4.78, 5) is 0. The average Bonchev–Trinajstić information content (AvgIpc) is 2.86. The molecule has 1 unspecified atom stereocenters. The van der Waals surface area contributed by atoms with E-state index < -0.39 is 0 Å². The van der Waals surface area contributed by atoms with Crippen LogP contribution in [0.15, 0.2) is 60.7 Å². The van der Waals surface area contributed by atoms with E-state index in [-0.39, 0.29) is 6.04 Å². The number of nitrogens with zero attached hydrogens (tertiary/aromatic N) is 2. The summed E-state index contributed by atoms with van der Waals surface area (Å²) in [6.07, 6.45) is 0. The summed E-state index contributed by atoms with van der Waals surface area (Å²) in [5.74, 6) is 0. The molecule has 0 amide bonds. The Labute approximate surface area is 112 Å². The van der Waals surface area contributed by atoms with E-state index in [2.05, 4.69) is 35.8 Å². The molecule has 0 saturated carbocycles. The molecule has 0 fully saturated rings. The normalized spacial score (nSPS) is 12.2. The molecule has 92 valence electrons. The highest BCUT2D eigenvalue weighted by Gasteiger charge is 2.14. The zero-order chi connectivity index (χ0) is 13.2. The number of para-hydroxylation sites is 1. The van der Waals surface area contributed by atoms with Gasteiger partial charge in [0.25, 0.3) is 0 Å². The van der Waals surface area contributed by atoms with Gasteiger partial charge in [0.15, 0.2) is 0 Å². The van der Waals surface area contributed by atoms with Gasteiger partial charge in [-0.1, -0.05) is 48.5 Å². The summed E-state index contributed by atoms with van der Waals surface area (Å²) in [7, 11) is 0. The van der Waals surface area contributed by atoms with Gasteiger partial charge in [-0.25, -0.2) is 0 Å². The summed E-state index contributed by atoms with van der Waals surface area (Å²) in [6, 6.07) is 22.8. The molecular formula is C17H14N2. The van der Waals surface area contributed by atoms with Crippen LogP contribution < -0.4 is 0 Å². The first-order chi connectivity index (χ1) is 9.31. The molecule has 2 aromatic carbocycles. The summed E-state index contributed by atoms with van der Waals surface area (Å²) in [5, 5.41) is 10.5. The molecule has 3 aromatic rings. The van der Waals surface area contributed by atoms with Crippen LogP contribution in [-0.4, -0.2) is 4.57 Å². The van der Waals surface area contributed by atoms with Crippen molar-refractivity contribution < 1.29 is 0 Å². The van der Waals surface area contributed by atoms with Crippen molar-refractivity contribution in [3.05, 3.63) is 71.9 Å². The predicted octanol–water partition coefficient (Wildman–Crippen LogP) is 4.12. The van der Waals surface area contributed by atoms with Crippen LogP contribution >= 0.6 is 0 Å². The zero-order valence-corrected chi connectivity index (χ0v) is 10.7. The zero-order valence-electron chi connectivity index (χ0n) is 10.7. The number of fused-ring (bicyclic) bond motifs is 1. The SMILES string of the molecule is CC(c1ccccc1)n1c(C#N)cc2ccccc21. The Balaban J connectivity index is 2.22. The lowest BCUT2D eigenvalue weighted by molar-refractivity contribution is 0.657. The number of benzene rings is 2. The Morgan fingerprint density at radius 1 is 1.00 bits per heavy atom. The summed E-state index contributed by atoms with van der Waals surface area (Å²) < 4.78 is 2.10. The molecule has 0 saturated heterocycles. The first-order valence-electron chi connectivity index (χ1n) is 6.36. The lowest BCUT2D eigenvalue weighted by atomic mass is 10.1. The van der Waals surface area contributed by atoms with Crippen molar-refractivity contribution in [3.8, 4) is 6.07 Å². The fraction of sp³-hybridized carbons (Fsp3) is 0.118. The van der Waals surface area contributed by atoms with E-state index in [1.165, 1.54) is 5.56 Å². The van der Waals surface area contributed by atoms with E-state index in [0.29, 0.717) is 5.69 Å². The van der Waals surface area contributed by atoms with Crippen LogP contribution in [0.2, 0.25) is 0 Å². The smallest absolute Gasteiger partial charge is 0.121 e. The molecule has 0 aliphatic carbocycles. The quantitative estimate of drug-likeness (QED) is 0.668.